The molecule has 0 fully saturated rings. The molecule has 3 aromatic rings. The molecule has 2 heterocycles. The molecule has 1 aliphatic heterocycles. The normalized spacial score (nSPS) is 15.6. The lowest BCUT2D eigenvalue weighted by Gasteiger charge is -2.26. The molecule has 1 aliphatic rings. The van der Waals surface area contributed by atoms with Crippen LogP contribution in [0.2, 0.25) is 0 Å². The minimum absolute atomic E-state index is 0.0717. The molecule has 1 unspecified atom stereocenters. The minimum Gasteiger partial charge on any atom is -0.497 e. The molecule has 0 spiro atoms. The molecule has 0 bridgehead atoms. The fourth-order valence-corrected chi connectivity index (χ4v) is 3.50. The monoisotopic (exact) mass is 394 g/mol. The Bertz CT molecular complexity index is 1060. The lowest BCUT2D eigenvalue weighted by molar-refractivity contribution is -0.114. The second kappa shape index (κ2) is 7.92. The van der Waals surface area contributed by atoms with Gasteiger partial charge in [0, 0.05) is 24.7 Å². The first-order valence-electron chi connectivity index (χ1n) is 9.33. The van der Waals surface area contributed by atoms with E-state index in [1.165, 1.54) is 6.92 Å². The summed E-state index contributed by atoms with van der Waals surface area (Å²) >= 11 is 0. The molecule has 8 heteroatoms. The van der Waals surface area contributed by atoms with Gasteiger partial charge in [-0.2, -0.15) is 0 Å². The third-order valence-electron chi connectivity index (χ3n) is 4.84. The van der Waals surface area contributed by atoms with Crippen LogP contribution in [-0.2, 0) is 16.1 Å². The van der Waals surface area contributed by atoms with Crippen molar-refractivity contribution in [1.29, 1.82) is 0 Å². The van der Waals surface area contributed by atoms with Gasteiger partial charge in [-0.15, -0.1) is 0 Å². The Morgan fingerprint density at radius 3 is 2.76 bits per heavy atom. The SMILES string of the molecule is COc1ccc(C(=O)NCC2COCc3nc4cc(NC(C)=O)ccc4n32)cc1. The highest BCUT2D eigenvalue weighted by molar-refractivity contribution is 5.94. The molecule has 2 N–H and O–H groups in total. The predicted octanol–water partition coefficient (Wildman–Crippen LogP) is 2.50. The Morgan fingerprint density at radius 2 is 2.03 bits per heavy atom. The van der Waals surface area contributed by atoms with Crippen molar-refractivity contribution in [3.63, 3.8) is 0 Å². The van der Waals surface area contributed by atoms with Crippen LogP contribution in [0, 0.1) is 0 Å². The molecule has 0 aliphatic carbocycles. The smallest absolute Gasteiger partial charge is 0.251 e. The van der Waals surface area contributed by atoms with E-state index in [1.807, 2.05) is 18.2 Å². The number of rotatable bonds is 5. The molecular formula is C21H22N4O4. The fraction of sp³-hybridized carbons (Fsp3) is 0.286. The first-order chi connectivity index (χ1) is 14.0. The maximum absolute atomic E-state index is 12.5. The Labute approximate surface area is 167 Å². The fourth-order valence-electron chi connectivity index (χ4n) is 3.50. The number of fused-ring (bicyclic) bond motifs is 3. The minimum atomic E-state index is -0.155. The van der Waals surface area contributed by atoms with Gasteiger partial charge in [0.05, 0.1) is 30.8 Å². The van der Waals surface area contributed by atoms with Gasteiger partial charge in [0.2, 0.25) is 5.91 Å². The van der Waals surface area contributed by atoms with Crippen molar-refractivity contribution < 1.29 is 19.1 Å². The molecule has 8 nitrogen and oxygen atoms in total. The van der Waals surface area contributed by atoms with Crippen LogP contribution >= 0.6 is 0 Å². The summed E-state index contributed by atoms with van der Waals surface area (Å²) in [5.74, 6) is 1.22. The van der Waals surface area contributed by atoms with Gasteiger partial charge in [-0.05, 0) is 42.5 Å². The maximum Gasteiger partial charge on any atom is 0.251 e. The summed E-state index contributed by atoms with van der Waals surface area (Å²) in [4.78, 5) is 28.4. The van der Waals surface area contributed by atoms with Crippen molar-refractivity contribution in [1.82, 2.24) is 14.9 Å². The Hall–Kier alpha value is -3.39. The predicted molar refractivity (Wildman–Crippen MR) is 108 cm³/mol. The zero-order valence-electron chi connectivity index (χ0n) is 16.3. The van der Waals surface area contributed by atoms with E-state index in [0.29, 0.717) is 36.8 Å². The number of aromatic nitrogens is 2. The van der Waals surface area contributed by atoms with E-state index >= 15 is 0 Å². The van der Waals surface area contributed by atoms with E-state index in [-0.39, 0.29) is 17.9 Å². The second-order valence-corrected chi connectivity index (χ2v) is 6.89. The number of carbonyl (C=O) groups excluding carboxylic acids is 2. The summed E-state index contributed by atoms with van der Waals surface area (Å²) in [6.45, 7) is 2.77. The van der Waals surface area contributed by atoms with Gasteiger partial charge in [-0.3, -0.25) is 9.59 Å². The number of benzene rings is 2. The second-order valence-electron chi connectivity index (χ2n) is 6.89. The Kier molecular flexibility index (Phi) is 5.18. The average Bonchev–Trinajstić information content (AvgIpc) is 3.09. The van der Waals surface area contributed by atoms with E-state index in [9.17, 15) is 9.59 Å². The zero-order chi connectivity index (χ0) is 20.4. The van der Waals surface area contributed by atoms with Crippen LogP contribution in [0.1, 0.15) is 29.1 Å². The number of methoxy groups -OCH3 is 1. The largest absolute Gasteiger partial charge is 0.497 e. The summed E-state index contributed by atoms with van der Waals surface area (Å²) in [6.07, 6.45) is 0. The molecule has 0 radical (unpaired) electrons. The van der Waals surface area contributed by atoms with Crippen LogP contribution in [-0.4, -0.2) is 41.6 Å². The Balaban J connectivity index is 1.52. The number of imidazole rings is 1. The van der Waals surface area contributed by atoms with Gasteiger partial charge in [-0.1, -0.05) is 0 Å². The van der Waals surface area contributed by atoms with Crippen LogP contribution in [0.4, 0.5) is 5.69 Å². The number of nitrogens with zero attached hydrogens (tertiary/aromatic N) is 2. The number of anilines is 1. The molecule has 4 rings (SSSR count). The number of hydrogen-bond acceptors (Lipinski definition) is 5. The van der Waals surface area contributed by atoms with Crippen molar-refractivity contribution in [2.24, 2.45) is 0 Å². The molecule has 2 aromatic carbocycles. The Morgan fingerprint density at radius 1 is 1.24 bits per heavy atom. The highest BCUT2D eigenvalue weighted by Crippen LogP contribution is 2.27. The molecular weight excluding hydrogens is 372 g/mol. The van der Waals surface area contributed by atoms with E-state index in [2.05, 4.69) is 20.2 Å². The van der Waals surface area contributed by atoms with Gasteiger partial charge in [0.15, 0.2) is 0 Å². The van der Waals surface area contributed by atoms with E-state index in [4.69, 9.17) is 9.47 Å². The highest BCUT2D eigenvalue weighted by atomic mass is 16.5. The van der Waals surface area contributed by atoms with Crippen molar-refractivity contribution >= 4 is 28.5 Å². The summed E-state index contributed by atoms with van der Waals surface area (Å²) < 4.78 is 12.9. The van der Waals surface area contributed by atoms with Gasteiger partial charge in [0.1, 0.15) is 18.2 Å². The van der Waals surface area contributed by atoms with Gasteiger partial charge in [-0.25, -0.2) is 4.98 Å². The number of nitrogens with one attached hydrogen (secondary N) is 2. The average molecular weight is 394 g/mol. The van der Waals surface area contributed by atoms with Crippen molar-refractivity contribution in [2.45, 2.75) is 19.6 Å². The topological polar surface area (TPSA) is 94.5 Å². The first-order valence-corrected chi connectivity index (χ1v) is 9.33. The summed E-state index contributed by atoms with van der Waals surface area (Å²) in [7, 11) is 1.59. The lowest BCUT2D eigenvalue weighted by Crippen LogP contribution is -2.35. The first kappa shape index (κ1) is 18.9. The standard InChI is InChI=1S/C21H22N4O4/c1-13(26)23-15-5-8-19-18(9-15)24-20-12-29-11-16(25(19)20)10-22-21(27)14-3-6-17(28-2)7-4-14/h3-9,16H,10-12H2,1-2H3,(H,22,27)(H,23,26). The van der Waals surface area contributed by atoms with Gasteiger partial charge >= 0.3 is 0 Å². The number of hydrogen-bond donors (Lipinski definition) is 2. The maximum atomic E-state index is 12.5. The van der Waals surface area contributed by atoms with Gasteiger partial charge < -0.3 is 24.7 Å². The van der Waals surface area contributed by atoms with Crippen molar-refractivity contribution in [3.8, 4) is 5.75 Å². The highest BCUT2D eigenvalue weighted by Gasteiger charge is 2.24. The molecule has 29 heavy (non-hydrogen) atoms. The third kappa shape index (κ3) is 3.93. The van der Waals surface area contributed by atoms with Crippen molar-refractivity contribution in [2.75, 3.05) is 25.6 Å². The zero-order valence-corrected chi connectivity index (χ0v) is 16.3. The van der Waals surface area contributed by atoms with Gasteiger partial charge in [0.25, 0.3) is 5.91 Å². The van der Waals surface area contributed by atoms with Crippen molar-refractivity contribution in [3.05, 3.63) is 53.9 Å². The van der Waals surface area contributed by atoms with Crippen LogP contribution in [0.5, 0.6) is 5.75 Å². The van der Waals surface area contributed by atoms with Crippen LogP contribution in [0.25, 0.3) is 11.0 Å². The van der Waals surface area contributed by atoms with Crippen LogP contribution in [0.15, 0.2) is 42.5 Å². The van der Waals surface area contributed by atoms with E-state index < -0.39 is 0 Å². The van der Waals surface area contributed by atoms with E-state index in [1.54, 1.807) is 31.4 Å². The summed E-state index contributed by atoms with van der Waals surface area (Å²) in [5.41, 5.74) is 2.99. The molecule has 2 amide bonds. The van der Waals surface area contributed by atoms with Crippen LogP contribution in [0.3, 0.4) is 0 Å². The van der Waals surface area contributed by atoms with E-state index in [0.717, 1.165) is 16.9 Å². The lowest BCUT2D eigenvalue weighted by atomic mass is 10.2. The molecule has 1 aromatic heterocycles. The molecule has 0 saturated carbocycles. The summed E-state index contributed by atoms with van der Waals surface area (Å²) in [5, 5.41) is 5.74. The molecule has 150 valence electrons. The molecule has 1 atom stereocenters. The number of carbonyl (C=O) groups is 2. The summed E-state index contributed by atoms with van der Waals surface area (Å²) in [6, 6.07) is 12.5. The third-order valence-corrected chi connectivity index (χ3v) is 4.84. The van der Waals surface area contributed by atoms with Crippen LogP contribution < -0.4 is 15.4 Å². The molecule has 0 saturated heterocycles. The number of ether oxygens (including phenoxy) is 2. The quantitative estimate of drug-likeness (QED) is 0.693. The number of amides is 2.